The summed E-state index contributed by atoms with van der Waals surface area (Å²) in [5.41, 5.74) is -1.13. The van der Waals surface area contributed by atoms with Gasteiger partial charge in [-0.1, -0.05) is 12.1 Å². The Balaban J connectivity index is 2.35. The fourth-order valence-electron chi connectivity index (χ4n) is 2.34. The fraction of sp³-hybridized carbons (Fsp3) is 0.0667. The molecule has 2 aromatic carbocycles. The van der Waals surface area contributed by atoms with Crippen LogP contribution >= 0.6 is 0 Å². The number of nitro benzene ring substituents is 2. The molecule has 0 bridgehead atoms. The van der Waals surface area contributed by atoms with Crippen molar-refractivity contribution in [3.8, 4) is 11.5 Å². The standard InChI is InChI=1S/C15H9N3O6/c1-8-11(6-9(17(20)21)7-13(8)18(22)23)14-16-12-5-3-2-4-10(12)15(19)24-14/h2-7H,1H3. The largest absolute Gasteiger partial charge is 0.403 e. The molecule has 0 fully saturated rings. The molecule has 0 radical (unpaired) electrons. The molecular weight excluding hydrogens is 318 g/mol. The second-order valence-electron chi connectivity index (χ2n) is 4.98. The van der Waals surface area contributed by atoms with E-state index in [1.807, 2.05) is 0 Å². The molecule has 24 heavy (non-hydrogen) atoms. The van der Waals surface area contributed by atoms with Gasteiger partial charge in [-0.05, 0) is 19.1 Å². The van der Waals surface area contributed by atoms with Crippen LogP contribution in [0.3, 0.4) is 0 Å². The Morgan fingerprint density at radius 1 is 1.08 bits per heavy atom. The Bertz CT molecular complexity index is 1060. The van der Waals surface area contributed by atoms with Crippen LogP contribution in [0.1, 0.15) is 5.56 Å². The van der Waals surface area contributed by atoms with Crippen molar-refractivity contribution in [3.05, 3.63) is 72.6 Å². The van der Waals surface area contributed by atoms with Gasteiger partial charge in [-0.2, -0.15) is 0 Å². The number of fused-ring (bicyclic) bond motifs is 1. The van der Waals surface area contributed by atoms with Crippen LogP contribution in [0.4, 0.5) is 11.4 Å². The maximum absolute atomic E-state index is 12.0. The van der Waals surface area contributed by atoms with Crippen LogP contribution in [0.2, 0.25) is 0 Å². The van der Waals surface area contributed by atoms with Gasteiger partial charge in [0.05, 0.1) is 32.4 Å². The number of benzene rings is 2. The van der Waals surface area contributed by atoms with Gasteiger partial charge in [0.2, 0.25) is 5.89 Å². The van der Waals surface area contributed by atoms with Gasteiger partial charge in [0.1, 0.15) is 0 Å². The minimum Gasteiger partial charge on any atom is -0.403 e. The zero-order valence-corrected chi connectivity index (χ0v) is 12.3. The van der Waals surface area contributed by atoms with E-state index in [-0.39, 0.29) is 22.4 Å². The van der Waals surface area contributed by atoms with Crippen LogP contribution in [-0.2, 0) is 0 Å². The van der Waals surface area contributed by atoms with Gasteiger partial charge >= 0.3 is 5.63 Å². The van der Waals surface area contributed by atoms with E-state index in [2.05, 4.69) is 4.98 Å². The van der Waals surface area contributed by atoms with Gasteiger partial charge in [-0.15, -0.1) is 0 Å². The summed E-state index contributed by atoms with van der Waals surface area (Å²) in [5, 5.41) is 22.4. The van der Waals surface area contributed by atoms with Gasteiger partial charge in [0.15, 0.2) is 0 Å². The zero-order chi connectivity index (χ0) is 17.4. The molecule has 0 saturated heterocycles. The van der Waals surface area contributed by atoms with E-state index in [0.717, 1.165) is 12.1 Å². The Morgan fingerprint density at radius 3 is 2.46 bits per heavy atom. The number of hydrogen-bond donors (Lipinski definition) is 0. The van der Waals surface area contributed by atoms with E-state index >= 15 is 0 Å². The van der Waals surface area contributed by atoms with Gasteiger partial charge < -0.3 is 4.42 Å². The smallest absolute Gasteiger partial charge is 0.347 e. The highest BCUT2D eigenvalue weighted by Crippen LogP contribution is 2.33. The molecule has 120 valence electrons. The lowest BCUT2D eigenvalue weighted by Crippen LogP contribution is -2.04. The zero-order valence-electron chi connectivity index (χ0n) is 12.3. The number of hydrogen-bond acceptors (Lipinski definition) is 7. The third-order valence-corrected chi connectivity index (χ3v) is 3.54. The van der Waals surface area contributed by atoms with Crippen molar-refractivity contribution in [1.82, 2.24) is 4.98 Å². The lowest BCUT2D eigenvalue weighted by atomic mass is 10.1. The molecule has 0 spiro atoms. The molecule has 1 aromatic heterocycles. The van der Waals surface area contributed by atoms with Gasteiger partial charge in [0, 0.05) is 11.6 Å². The number of non-ortho nitro benzene ring substituents is 1. The topological polar surface area (TPSA) is 129 Å². The number of rotatable bonds is 3. The molecule has 0 saturated carbocycles. The van der Waals surface area contributed by atoms with Crippen molar-refractivity contribution >= 4 is 22.3 Å². The highest BCUT2D eigenvalue weighted by Gasteiger charge is 2.24. The Kier molecular flexibility index (Phi) is 3.53. The first kappa shape index (κ1) is 15.3. The first-order valence-corrected chi connectivity index (χ1v) is 6.72. The summed E-state index contributed by atoms with van der Waals surface area (Å²) in [6.45, 7) is 1.41. The van der Waals surface area contributed by atoms with Crippen molar-refractivity contribution in [2.45, 2.75) is 6.92 Å². The molecule has 0 atom stereocenters. The summed E-state index contributed by atoms with van der Waals surface area (Å²) in [5.74, 6) is -0.206. The van der Waals surface area contributed by atoms with Crippen LogP contribution < -0.4 is 5.63 Å². The quantitative estimate of drug-likeness (QED) is 0.534. The van der Waals surface area contributed by atoms with E-state index < -0.39 is 26.8 Å². The SMILES string of the molecule is Cc1c(-c2nc3ccccc3c(=O)o2)cc([N+](=O)[O-])cc1[N+](=O)[O-]. The highest BCUT2D eigenvalue weighted by atomic mass is 16.6. The predicted molar refractivity (Wildman–Crippen MR) is 83.8 cm³/mol. The summed E-state index contributed by atoms with van der Waals surface area (Å²) in [7, 11) is 0. The van der Waals surface area contributed by atoms with E-state index in [4.69, 9.17) is 4.42 Å². The number of nitrogens with zero attached hydrogens (tertiary/aromatic N) is 3. The summed E-state index contributed by atoms with van der Waals surface area (Å²) in [6, 6.07) is 8.38. The molecule has 0 aliphatic carbocycles. The van der Waals surface area contributed by atoms with Gasteiger partial charge in [0.25, 0.3) is 11.4 Å². The van der Waals surface area contributed by atoms with Crippen LogP contribution in [0.15, 0.2) is 45.6 Å². The molecule has 3 aromatic rings. The van der Waals surface area contributed by atoms with Crippen molar-refractivity contribution < 1.29 is 14.3 Å². The summed E-state index contributed by atoms with van der Waals surface area (Å²) >= 11 is 0. The van der Waals surface area contributed by atoms with Crippen molar-refractivity contribution in [3.63, 3.8) is 0 Å². The van der Waals surface area contributed by atoms with Crippen molar-refractivity contribution in [1.29, 1.82) is 0 Å². The molecule has 0 aliphatic rings. The normalized spacial score (nSPS) is 10.7. The Morgan fingerprint density at radius 2 is 1.79 bits per heavy atom. The van der Waals surface area contributed by atoms with E-state index in [1.165, 1.54) is 13.0 Å². The number of nitro groups is 2. The van der Waals surface area contributed by atoms with Crippen molar-refractivity contribution in [2.24, 2.45) is 0 Å². The Hall–Kier alpha value is -3.62. The van der Waals surface area contributed by atoms with Gasteiger partial charge in [-0.3, -0.25) is 20.2 Å². The number of para-hydroxylation sites is 1. The summed E-state index contributed by atoms with van der Waals surface area (Å²) in [6.07, 6.45) is 0. The van der Waals surface area contributed by atoms with Crippen molar-refractivity contribution in [2.75, 3.05) is 0 Å². The molecule has 0 N–H and O–H groups in total. The summed E-state index contributed by atoms with van der Waals surface area (Å²) < 4.78 is 5.12. The molecule has 9 nitrogen and oxygen atoms in total. The molecule has 9 heteroatoms. The minimum absolute atomic E-state index is 0.0266. The molecule has 0 unspecified atom stereocenters. The summed E-state index contributed by atoms with van der Waals surface area (Å²) in [4.78, 5) is 36.9. The van der Waals surface area contributed by atoms with Crippen LogP contribution in [0.25, 0.3) is 22.4 Å². The number of aromatic nitrogens is 1. The maximum atomic E-state index is 12.0. The first-order chi connectivity index (χ1) is 11.4. The average molecular weight is 327 g/mol. The van der Waals surface area contributed by atoms with Crippen LogP contribution in [0, 0.1) is 27.2 Å². The van der Waals surface area contributed by atoms with E-state index in [1.54, 1.807) is 18.2 Å². The highest BCUT2D eigenvalue weighted by molar-refractivity contribution is 5.79. The fourth-order valence-corrected chi connectivity index (χ4v) is 2.34. The second-order valence-corrected chi connectivity index (χ2v) is 4.98. The van der Waals surface area contributed by atoms with E-state index in [9.17, 15) is 25.0 Å². The van der Waals surface area contributed by atoms with Crippen LogP contribution in [0.5, 0.6) is 0 Å². The molecule has 0 aliphatic heterocycles. The lowest BCUT2D eigenvalue weighted by molar-refractivity contribution is -0.394. The Labute approximate surface area is 133 Å². The molecule has 3 rings (SSSR count). The first-order valence-electron chi connectivity index (χ1n) is 6.72. The minimum atomic E-state index is -0.755. The van der Waals surface area contributed by atoms with Crippen LogP contribution in [-0.4, -0.2) is 14.8 Å². The molecule has 1 heterocycles. The second kappa shape index (κ2) is 5.54. The molecule has 0 amide bonds. The third kappa shape index (κ3) is 2.47. The lowest BCUT2D eigenvalue weighted by Gasteiger charge is -2.06. The predicted octanol–water partition coefficient (Wildman–Crippen LogP) is 2.98. The third-order valence-electron chi connectivity index (χ3n) is 3.54. The monoisotopic (exact) mass is 327 g/mol. The maximum Gasteiger partial charge on any atom is 0.347 e. The molecular formula is C15H9N3O6. The van der Waals surface area contributed by atoms with E-state index in [0.29, 0.717) is 5.52 Å². The van der Waals surface area contributed by atoms with Gasteiger partial charge in [-0.25, -0.2) is 9.78 Å². The average Bonchev–Trinajstić information content (AvgIpc) is 2.54.